The first-order chi connectivity index (χ1) is 10.6. The van der Waals surface area contributed by atoms with Crippen LogP contribution in [-0.2, 0) is 0 Å². The smallest absolute Gasteiger partial charge is 0.220 e. The normalized spacial score (nSPS) is 16.9. The maximum atomic E-state index is 6.32. The molecule has 116 valence electrons. The molecule has 1 aromatic heterocycles. The highest BCUT2D eigenvalue weighted by Gasteiger charge is 2.19. The molecule has 0 bridgehead atoms. The van der Waals surface area contributed by atoms with Crippen LogP contribution in [0.5, 0.6) is 0 Å². The van der Waals surface area contributed by atoms with Crippen molar-refractivity contribution in [2.45, 2.75) is 32.7 Å². The van der Waals surface area contributed by atoms with Gasteiger partial charge in [0.1, 0.15) is 0 Å². The lowest BCUT2D eigenvalue weighted by Gasteiger charge is -2.24. The minimum absolute atomic E-state index is 0.256. The number of nitrogens with two attached hydrogens (primary N) is 1. The second-order valence-corrected chi connectivity index (χ2v) is 6.25. The van der Waals surface area contributed by atoms with Crippen LogP contribution in [0.15, 0.2) is 24.3 Å². The topological polar surface area (TPSA) is 55.0 Å². The van der Waals surface area contributed by atoms with Gasteiger partial charge in [-0.25, -0.2) is 9.97 Å². The number of aryl methyl sites for hydroxylation is 1. The number of likely N-dealkylation sites (tertiary alicyclic amines) is 1. The lowest BCUT2D eigenvalue weighted by molar-refractivity contribution is 0.263. The van der Waals surface area contributed by atoms with Crippen molar-refractivity contribution in [3.05, 3.63) is 40.5 Å². The van der Waals surface area contributed by atoms with E-state index in [-0.39, 0.29) is 5.95 Å². The molecule has 0 aliphatic carbocycles. The summed E-state index contributed by atoms with van der Waals surface area (Å²) in [7, 11) is 0. The van der Waals surface area contributed by atoms with Crippen molar-refractivity contribution in [3.8, 4) is 11.3 Å². The van der Waals surface area contributed by atoms with Gasteiger partial charge in [-0.1, -0.05) is 35.9 Å². The number of nitrogens with zero attached hydrogens (tertiary/aromatic N) is 3. The van der Waals surface area contributed by atoms with Gasteiger partial charge in [0.2, 0.25) is 5.95 Å². The Kier molecular flexibility index (Phi) is 4.32. The SMILES string of the molecule is Cc1nc(N)nc(-c2ccc(C(C)N3CCCC3)cc2)c1Cl. The van der Waals surface area contributed by atoms with Crippen LogP contribution in [0, 0.1) is 6.92 Å². The molecule has 3 rings (SSSR count). The average Bonchev–Trinajstić information content (AvgIpc) is 3.05. The van der Waals surface area contributed by atoms with E-state index in [0.29, 0.717) is 22.5 Å². The molecule has 1 aliphatic heterocycles. The van der Waals surface area contributed by atoms with E-state index in [1.54, 1.807) is 0 Å². The zero-order valence-electron chi connectivity index (χ0n) is 13.0. The molecule has 0 saturated carbocycles. The summed E-state index contributed by atoms with van der Waals surface area (Å²) >= 11 is 6.32. The summed E-state index contributed by atoms with van der Waals surface area (Å²) < 4.78 is 0. The highest BCUT2D eigenvalue weighted by atomic mass is 35.5. The van der Waals surface area contributed by atoms with Crippen LogP contribution in [-0.4, -0.2) is 28.0 Å². The number of benzene rings is 1. The zero-order chi connectivity index (χ0) is 15.7. The van der Waals surface area contributed by atoms with Crippen molar-refractivity contribution in [1.29, 1.82) is 0 Å². The standard InChI is InChI=1S/C17H21ClN4/c1-11-15(18)16(21-17(19)20-11)14-7-5-13(6-8-14)12(2)22-9-3-4-10-22/h5-8,12H,3-4,9-10H2,1-2H3,(H2,19,20,21). The summed E-state index contributed by atoms with van der Waals surface area (Å²) in [4.78, 5) is 10.9. The molecule has 0 spiro atoms. The molecule has 5 heteroatoms. The summed E-state index contributed by atoms with van der Waals surface area (Å²) in [5.74, 6) is 0.256. The molecule has 0 radical (unpaired) electrons. The van der Waals surface area contributed by atoms with Gasteiger partial charge in [-0.15, -0.1) is 0 Å². The van der Waals surface area contributed by atoms with Crippen LogP contribution < -0.4 is 5.73 Å². The Balaban J connectivity index is 1.88. The minimum atomic E-state index is 0.256. The van der Waals surface area contributed by atoms with Gasteiger partial charge < -0.3 is 5.73 Å². The Bertz CT molecular complexity index is 663. The number of anilines is 1. The number of nitrogen functional groups attached to an aromatic ring is 1. The molecular formula is C17H21ClN4. The first-order valence-corrected chi connectivity index (χ1v) is 8.08. The molecule has 2 aromatic rings. The van der Waals surface area contributed by atoms with Crippen LogP contribution in [0.4, 0.5) is 5.95 Å². The third-order valence-corrected chi connectivity index (χ3v) is 4.84. The van der Waals surface area contributed by atoms with Crippen LogP contribution in [0.3, 0.4) is 0 Å². The number of hydrogen-bond donors (Lipinski definition) is 1. The van der Waals surface area contributed by atoms with Gasteiger partial charge in [-0.3, -0.25) is 4.90 Å². The molecule has 1 aromatic carbocycles. The Morgan fingerprint density at radius 1 is 1.14 bits per heavy atom. The number of aromatic nitrogens is 2. The van der Waals surface area contributed by atoms with E-state index in [1.807, 2.05) is 6.92 Å². The summed E-state index contributed by atoms with van der Waals surface area (Å²) in [6.07, 6.45) is 2.61. The summed E-state index contributed by atoms with van der Waals surface area (Å²) in [5.41, 5.74) is 9.44. The molecule has 1 saturated heterocycles. The summed E-state index contributed by atoms with van der Waals surface area (Å²) in [6, 6.07) is 8.89. The highest BCUT2D eigenvalue weighted by Crippen LogP contribution is 2.30. The number of rotatable bonds is 3. The van der Waals surface area contributed by atoms with Gasteiger partial charge in [0.15, 0.2) is 0 Å². The summed E-state index contributed by atoms with van der Waals surface area (Å²) in [6.45, 7) is 6.49. The van der Waals surface area contributed by atoms with Crippen molar-refractivity contribution in [1.82, 2.24) is 14.9 Å². The zero-order valence-corrected chi connectivity index (χ0v) is 13.8. The third kappa shape index (κ3) is 2.94. The molecule has 4 nitrogen and oxygen atoms in total. The third-order valence-electron chi connectivity index (χ3n) is 4.39. The monoisotopic (exact) mass is 316 g/mol. The quantitative estimate of drug-likeness (QED) is 0.934. The number of halogens is 1. The van der Waals surface area contributed by atoms with Gasteiger partial charge >= 0.3 is 0 Å². The maximum Gasteiger partial charge on any atom is 0.220 e. The first-order valence-electron chi connectivity index (χ1n) is 7.70. The van der Waals surface area contributed by atoms with Gasteiger partial charge in [0.05, 0.1) is 16.4 Å². The van der Waals surface area contributed by atoms with E-state index < -0.39 is 0 Å². The number of hydrogen-bond acceptors (Lipinski definition) is 4. The van der Waals surface area contributed by atoms with E-state index in [4.69, 9.17) is 17.3 Å². The van der Waals surface area contributed by atoms with E-state index in [1.165, 1.54) is 31.5 Å². The Morgan fingerprint density at radius 3 is 2.41 bits per heavy atom. The fourth-order valence-corrected chi connectivity index (χ4v) is 3.22. The maximum absolute atomic E-state index is 6.32. The predicted octanol–water partition coefficient (Wildman–Crippen LogP) is 3.84. The first kappa shape index (κ1) is 15.3. The van der Waals surface area contributed by atoms with Crippen molar-refractivity contribution in [3.63, 3.8) is 0 Å². The second kappa shape index (κ2) is 6.23. The molecule has 1 unspecified atom stereocenters. The molecule has 1 fully saturated rings. The molecule has 2 N–H and O–H groups in total. The minimum Gasteiger partial charge on any atom is -0.368 e. The Morgan fingerprint density at radius 2 is 1.77 bits per heavy atom. The van der Waals surface area contributed by atoms with E-state index in [9.17, 15) is 0 Å². The van der Waals surface area contributed by atoms with Gasteiger partial charge in [0.25, 0.3) is 0 Å². The van der Waals surface area contributed by atoms with Crippen LogP contribution in [0.1, 0.15) is 37.1 Å². The van der Waals surface area contributed by atoms with E-state index in [0.717, 1.165) is 5.56 Å². The Labute approximate surface area is 136 Å². The van der Waals surface area contributed by atoms with Crippen molar-refractivity contribution in [2.75, 3.05) is 18.8 Å². The van der Waals surface area contributed by atoms with Gasteiger partial charge in [-0.2, -0.15) is 0 Å². The van der Waals surface area contributed by atoms with Gasteiger partial charge in [0, 0.05) is 11.6 Å². The van der Waals surface area contributed by atoms with Crippen molar-refractivity contribution >= 4 is 17.5 Å². The molecule has 1 atom stereocenters. The molecule has 2 heterocycles. The second-order valence-electron chi connectivity index (χ2n) is 5.87. The van der Waals surface area contributed by atoms with Crippen LogP contribution in [0.25, 0.3) is 11.3 Å². The van der Waals surface area contributed by atoms with Crippen molar-refractivity contribution in [2.24, 2.45) is 0 Å². The van der Waals surface area contributed by atoms with E-state index >= 15 is 0 Å². The highest BCUT2D eigenvalue weighted by molar-refractivity contribution is 6.33. The molecule has 1 aliphatic rings. The average molecular weight is 317 g/mol. The molecule has 0 amide bonds. The van der Waals surface area contributed by atoms with Crippen LogP contribution >= 0.6 is 11.6 Å². The van der Waals surface area contributed by atoms with Crippen molar-refractivity contribution < 1.29 is 0 Å². The largest absolute Gasteiger partial charge is 0.368 e. The van der Waals surface area contributed by atoms with E-state index in [2.05, 4.69) is 46.1 Å². The molecule has 22 heavy (non-hydrogen) atoms. The summed E-state index contributed by atoms with van der Waals surface area (Å²) in [5, 5.41) is 0.564. The van der Waals surface area contributed by atoms with Crippen LogP contribution in [0.2, 0.25) is 5.02 Å². The fraction of sp³-hybridized carbons (Fsp3) is 0.412. The lowest BCUT2D eigenvalue weighted by atomic mass is 10.0. The van der Waals surface area contributed by atoms with Gasteiger partial charge in [-0.05, 0) is 45.3 Å². The lowest BCUT2D eigenvalue weighted by Crippen LogP contribution is -2.23. The molecular weight excluding hydrogens is 296 g/mol. The fourth-order valence-electron chi connectivity index (χ4n) is 3.03. The predicted molar refractivity (Wildman–Crippen MR) is 90.8 cm³/mol. The Hall–Kier alpha value is -1.65.